The molecular weight excluding hydrogens is 378 g/mol. The highest BCUT2D eigenvalue weighted by molar-refractivity contribution is 6.07. The zero-order valence-corrected chi connectivity index (χ0v) is 16.4. The number of benzene rings is 2. The Morgan fingerprint density at radius 3 is 2.40 bits per heavy atom. The zero-order chi connectivity index (χ0) is 21.1. The lowest BCUT2D eigenvalue weighted by molar-refractivity contribution is -0.119. The molecule has 0 aliphatic rings. The third kappa shape index (κ3) is 3.91. The number of nitrogens with one attached hydrogen (secondary N) is 1. The Kier molecular flexibility index (Phi) is 5.26. The summed E-state index contributed by atoms with van der Waals surface area (Å²) in [5.74, 6) is -0.998. The largest absolute Gasteiger partial charge is 0.368 e. The minimum absolute atomic E-state index is 0.395. The summed E-state index contributed by atoms with van der Waals surface area (Å²) < 4.78 is 1.77. The van der Waals surface area contributed by atoms with E-state index in [9.17, 15) is 9.59 Å². The summed E-state index contributed by atoms with van der Waals surface area (Å²) in [5.41, 5.74) is 8.89. The van der Waals surface area contributed by atoms with Crippen LogP contribution in [0.2, 0.25) is 0 Å². The number of hydrogen-bond acceptors (Lipinski definition) is 4. The van der Waals surface area contributed by atoms with Crippen LogP contribution in [0.15, 0.2) is 72.9 Å². The number of primary amides is 1. The predicted octanol–water partition coefficient (Wildman–Crippen LogP) is 2.75. The molecule has 2 aromatic heterocycles. The van der Waals surface area contributed by atoms with Gasteiger partial charge >= 0.3 is 0 Å². The minimum Gasteiger partial charge on any atom is -0.368 e. The van der Waals surface area contributed by atoms with Crippen LogP contribution in [0.25, 0.3) is 22.3 Å². The smallest absolute Gasteiger partial charge is 0.252 e. The molecule has 0 bridgehead atoms. The molecule has 0 aliphatic carbocycles. The van der Waals surface area contributed by atoms with Gasteiger partial charge in [-0.25, -0.2) is 9.67 Å². The molecule has 4 rings (SSSR count). The SMILES string of the molecule is C[C@@H](NC(=O)c1cc(-c2ccccc2)nc2c1cnn2Cc1ccccc1)C(N)=O. The van der Waals surface area contributed by atoms with Crippen LogP contribution in [-0.4, -0.2) is 32.6 Å². The number of pyridine rings is 1. The van der Waals surface area contributed by atoms with Crippen molar-refractivity contribution < 1.29 is 9.59 Å². The molecule has 0 fully saturated rings. The van der Waals surface area contributed by atoms with Gasteiger partial charge in [0, 0.05) is 5.56 Å². The van der Waals surface area contributed by atoms with Crippen LogP contribution in [0.3, 0.4) is 0 Å². The van der Waals surface area contributed by atoms with E-state index in [1.165, 1.54) is 0 Å². The van der Waals surface area contributed by atoms with Crippen LogP contribution in [0.5, 0.6) is 0 Å². The van der Waals surface area contributed by atoms with Crippen LogP contribution in [0.1, 0.15) is 22.8 Å². The number of carbonyl (C=O) groups is 2. The van der Waals surface area contributed by atoms with Crippen molar-refractivity contribution in [3.8, 4) is 11.3 Å². The average molecular weight is 399 g/mol. The highest BCUT2D eigenvalue weighted by Crippen LogP contribution is 2.25. The van der Waals surface area contributed by atoms with E-state index in [4.69, 9.17) is 10.7 Å². The van der Waals surface area contributed by atoms with Gasteiger partial charge in [-0.2, -0.15) is 5.10 Å². The average Bonchev–Trinajstić information content (AvgIpc) is 3.17. The van der Waals surface area contributed by atoms with Crippen LogP contribution in [0, 0.1) is 0 Å². The van der Waals surface area contributed by atoms with Gasteiger partial charge < -0.3 is 11.1 Å². The van der Waals surface area contributed by atoms with Crippen molar-refractivity contribution in [3.63, 3.8) is 0 Å². The van der Waals surface area contributed by atoms with Gasteiger partial charge in [-0.1, -0.05) is 60.7 Å². The molecule has 0 radical (unpaired) electrons. The Morgan fingerprint density at radius 1 is 1.07 bits per heavy atom. The van der Waals surface area contributed by atoms with Gasteiger partial charge in [0.1, 0.15) is 6.04 Å². The van der Waals surface area contributed by atoms with Crippen LogP contribution in [0.4, 0.5) is 0 Å². The van der Waals surface area contributed by atoms with Crippen molar-refractivity contribution in [2.45, 2.75) is 19.5 Å². The fourth-order valence-corrected chi connectivity index (χ4v) is 3.21. The summed E-state index contributed by atoms with van der Waals surface area (Å²) in [5, 5.41) is 7.72. The van der Waals surface area contributed by atoms with Crippen molar-refractivity contribution in [3.05, 3.63) is 84.1 Å². The van der Waals surface area contributed by atoms with Crippen LogP contribution < -0.4 is 11.1 Å². The second-order valence-corrected chi connectivity index (χ2v) is 7.04. The molecule has 0 saturated heterocycles. The maximum absolute atomic E-state index is 12.9. The quantitative estimate of drug-likeness (QED) is 0.520. The van der Waals surface area contributed by atoms with E-state index >= 15 is 0 Å². The first kappa shape index (κ1) is 19.3. The summed E-state index contributed by atoms with van der Waals surface area (Å²) in [4.78, 5) is 29.1. The Bertz CT molecular complexity index is 1200. The number of carbonyl (C=O) groups excluding carboxylic acids is 2. The lowest BCUT2D eigenvalue weighted by Gasteiger charge is -2.12. The molecule has 0 saturated carbocycles. The molecule has 2 amide bonds. The van der Waals surface area contributed by atoms with Crippen LogP contribution in [-0.2, 0) is 11.3 Å². The lowest BCUT2D eigenvalue weighted by atomic mass is 10.1. The Hall–Kier alpha value is -4.00. The molecule has 30 heavy (non-hydrogen) atoms. The molecule has 7 heteroatoms. The summed E-state index contributed by atoms with van der Waals surface area (Å²) in [6.07, 6.45) is 1.63. The maximum atomic E-state index is 12.9. The minimum atomic E-state index is -0.791. The summed E-state index contributed by atoms with van der Waals surface area (Å²) in [6, 6.07) is 20.4. The van der Waals surface area contributed by atoms with Crippen molar-refractivity contribution >= 4 is 22.8 Å². The number of rotatable bonds is 6. The Labute approximate surface area is 173 Å². The third-order valence-electron chi connectivity index (χ3n) is 4.87. The summed E-state index contributed by atoms with van der Waals surface area (Å²) >= 11 is 0. The highest BCUT2D eigenvalue weighted by atomic mass is 16.2. The van der Waals surface area contributed by atoms with Gasteiger partial charge in [0.15, 0.2) is 5.65 Å². The molecule has 0 unspecified atom stereocenters. The molecule has 0 aliphatic heterocycles. The predicted molar refractivity (Wildman–Crippen MR) is 115 cm³/mol. The number of amides is 2. The molecule has 2 heterocycles. The number of nitrogens with zero attached hydrogens (tertiary/aromatic N) is 3. The van der Waals surface area contributed by atoms with E-state index in [1.54, 1.807) is 23.9 Å². The van der Waals surface area contributed by atoms with E-state index in [2.05, 4.69) is 10.4 Å². The van der Waals surface area contributed by atoms with E-state index in [-0.39, 0.29) is 0 Å². The van der Waals surface area contributed by atoms with Gasteiger partial charge in [0.05, 0.1) is 29.4 Å². The number of nitrogens with two attached hydrogens (primary N) is 1. The van der Waals surface area contributed by atoms with Crippen molar-refractivity contribution in [1.82, 2.24) is 20.1 Å². The van der Waals surface area contributed by atoms with Gasteiger partial charge in [0.25, 0.3) is 5.91 Å². The molecule has 4 aromatic rings. The fraction of sp³-hybridized carbons (Fsp3) is 0.130. The first-order valence-electron chi connectivity index (χ1n) is 9.59. The fourth-order valence-electron chi connectivity index (χ4n) is 3.21. The van der Waals surface area contributed by atoms with E-state index in [1.807, 2.05) is 60.7 Å². The lowest BCUT2D eigenvalue weighted by Crippen LogP contribution is -2.42. The molecule has 2 aromatic carbocycles. The van der Waals surface area contributed by atoms with Gasteiger partial charge in [-0.05, 0) is 18.6 Å². The Morgan fingerprint density at radius 2 is 1.73 bits per heavy atom. The van der Waals surface area contributed by atoms with E-state index in [0.717, 1.165) is 11.1 Å². The second kappa shape index (κ2) is 8.16. The van der Waals surface area contributed by atoms with Crippen molar-refractivity contribution in [2.24, 2.45) is 5.73 Å². The van der Waals surface area contributed by atoms with Crippen molar-refractivity contribution in [1.29, 1.82) is 0 Å². The van der Waals surface area contributed by atoms with Gasteiger partial charge in [0.2, 0.25) is 5.91 Å². The molecule has 3 N–H and O–H groups in total. The standard InChI is InChI=1S/C23H21N5O2/c1-15(21(24)29)26-23(30)18-12-20(17-10-6-3-7-11-17)27-22-19(18)13-25-28(22)14-16-8-4-2-5-9-16/h2-13,15H,14H2,1H3,(H2,24,29)(H,26,30)/t15-/m1/s1. The third-order valence-corrected chi connectivity index (χ3v) is 4.87. The summed E-state index contributed by atoms with van der Waals surface area (Å²) in [7, 11) is 0. The second-order valence-electron chi connectivity index (χ2n) is 7.04. The van der Waals surface area contributed by atoms with Crippen molar-refractivity contribution in [2.75, 3.05) is 0 Å². The number of hydrogen-bond donors (Lipinski definition) is 2. The molecule has 0 spiro atoms. The number of fused-ring (bicyclic) bond motifs is 1. The zero-order valence-electron chi connectivity index (χ0n) is 16.4. The van der Waals surface area contributed by atoms with Gasteiger partial charge in [-0.3, -0.25) is 9.59 Å². The molecule has 150 valence electrons. The topological polar surface area (TPSA) is 103 Å². The molecule has 1 atom stereocenters. The Balaban J connectivity index is 1.83. The molecular formula is C23H21N5O2. The normalized spacial score (nSPS) is 11.9. The summed E-state index contributed by atoms with van der Waals surface area (Å²) in [6.45, 7) is 2.07. The van der Waals surface area contributed by atoms with Gasteiger partial charge in [-0.15, -0.1) is 0 Å². The highest BCUT2D eigenvalue weighted by Gasteiger charge is 2.20. The maximum Gasteiger partial charge on any atom is 0.252 e. The van der Waals surface area contributed by atoms with E-state index in [0.29, 0.717) is 28.8 Å². The first-order valence-corrected chi connectivity index (χ1v) is 9.59. The first-order chi connectivity index (χ1) is 14.5. The van der Waals surface area contributed by atoms with E-state index < -0.39 is 17.9 Å². The van der Waals surface area contributed by atoms with Crippen LogP contribution >= 0.6 is 0 Å². The molecule has 7 nitrogen and oxygen atoms in total. The monoisotopic (exact) mass is 399 g/mol. The number of aromatic nitrogens is 3.